The SMILES string of the molecule is C=CC.Cc1ccc(C(C)C)cc1.Cc1ccccc1. The van der Waals surface area contributed by atoms with E-state index in [-0.39, 0.29) is 0 Å². The summed E-state index contributed by atoms with van der Waals surface area (Å²) in [6.45, 7) is 13.9. The molecule has 0 aliphatic heterocycles. The molecule has 0 aliphatic rings. The molecule has 0 saturated carbocycles. The van der Waals surface area contributed by atoms with Gasteiger partial charge in [-0.15, -0.1) is 6.58 Å². The van der Waals surface area contributed by atoms with Crippen molar-refractivity contribution in [2.75, 3.05) is 0 Å². The predicted molar refractivity (Wildman–Crippen MR) is 92.3 cm³/mol. The van der Waals surface area contributed by atoms with Crippen molar-refractivity contribution in [1.29, 1.82) is 0 Å². The van der Waals surface area contributed by atoms with E-state index in [1.807, 2.05) is 25.1 Å². The molecule has 0 bridgehead atoms. The molecule has 0 fully saturated rings. The van der Waals surface area contributed by atoms with Crippen LogP contribution in [-0.2, 0) is 0 Å². The summed E-state index contributed by atoms with van der Waals surface area (Å²) in [7, 11) is 0. The maximum absolute atomic E-state index is 3.36. The Morgan fingerprint density at radius 1 is 0.800 bits per heavy atom. The first-order chi connectivity index (χ1) is 9.51. The second-order valence-electron chi connectivity index (χ2n) is 5.13. The normalized spacial score (nSPS) is 8.90. The fourth-order valence-electron chi connectivity index (χ4n) is 1.49. The molecule has 0 heterocycles. The Labute approximate surface area is 125 Å². The van der Waals surface area contributed by atoms with Crippen molar-refractivity contribution in [3.63, 3.8) is 0 Å². The Hall–Kier alpha value is -1.82. The molecule has 0 nitrogen and oxygen atoms in total. The summed E-state index contributed by atoms with van der Waals surface area (Å²) < 4.78 is 0. The Bertz CT molecular complexity index is 449. The molecule has 0 unspecified atom stereocenters. The monoisotopic (exact) mass is 268 g/mol. The van der Waals surface area contributed by atoms with Crippen LogP contribution in [0.25, 0.3) is 0 Å². The van der Waals surface area contributed by atoms with Gasteiger partial charge in [0.2, 0.25) is 0 Å². The standard InChI is InChI=1S/C10H14.C7H8.C3H6/c1-8(2)10-6-4-9(3)5-7-10;1-7-5-3-2-4-6-7;1-3-2/h4-8H,1-3H3;2-6H,1H3;3H,1H2,2H3. The number of rotatable bonds is 1. The lowest BCUT2D eigenvalue weighted by atomic mass is 10.0. The minimum atomic E-state index is 0.653. The molecule has 2 rings (SSSR count). The molecule has 0 N–H and O–H groups in total. The maximum atomic E-state index is 3.36. The largest absolute Gasteiger partial charge is 0.103 e. The minimum Gasteiger partial charge on any atom is -0.103 e. The Balaban J connectivity index is 0.000000315. The zero-order valence-corrected chi connectivity index (χ0v) is 13.6. The molecule has 0 aliphatic carbocycles. The summed E-state index contributed by atoms with van der Waals surface area (Å²) in [6, 6.07) is 19.0. The van der Waals surface area contributed by atoms with Crippen LogP contribution in [0.1, 0.15) is 43.4 Å². The molecule has 108 valence electrons. The third-order valence-electron chi connectivity index (χ3n) is 2.68. The quantitative estimate of drug-likeness (QED) is 0.532. The summed E-state index contributed by atoms with van der Waals surface area (Å²) in [6.07, 6.45) is 1.75. The summed E-state index contributed by atoms with van der Waals surface area (Å²) in [4.78, 5) is 0. The Morgan fingerprint density at radius 2 is 1.20 bits per heavy atom. The van der Waals surface area contributed by atoms with Crippen LogP contribution in [-0.4, -0.2) is 0 Å². The van der Waals surface area contributed by atoms with Gasteiger partial charge in [0.15, 0.2) is 0 Å². The highest BCUT2D eigenvalue weighted by Gasteiger charge is 1.95. The average molecular weight is 268 g/mol. The smallest absolute Gasteiger partial charge is 0.0219 e. The van der Waals surface area contributed by atoms with Crippen molar-refractivity contribution in [1.82, 2.24) is 0 Å². The molecule has 20 heavy (non-hydrogen) atoms. The van der Waals surface area contributed by atoms with Crippen LogP contribution in [0.3, 0.4) is 0 Å². The fraction of sp³-hybridized carbons (Fsp3) is 0.300. The lowest BCUT2D eigenvalue weighted by molar-refractivity contribution is 0.866. The lowest BCUT2D eigenvalue weighted by Gasteiger charge is -2.03. The lowest BCUT2D eigenvalue weighted by Crippen LogP contribution is -1.85. The molecule has 0 aromatic heterocycles. The first-order valence-electron chi connectivity index (χ1n) is 7.16. The molecule has 0 radical (unpaired) electrons. The first-order valence-corrected chi connectivity index (χ1v) is 7.16. The average Bonchev–Trinajstić information content (AvgIpc) is 2.41. The van der Waals surface area contributed by atoms with E-state index in [2.05, 4.69) is 70.7 Å². The zero-order valence-electron chi connectivity index (χ0n) is 13.6. The van der Waals surface area contributed by atoms with E-state index >= 15 is 0 Å². The zero-order chi connectivity index (χ0) is 15.4. The van der Waals surface area contributed by atoms with Gasteiger partial charge in [-0.3, -0.25) is 0 Å². The van der Waals surface area contributed by atoms with Crippen molar-refractivity contribution in [3.05, 3.63) is 83.9 Å². The molecule has 0 heteroatoms. The first kappa shape index (κ1) is 18.2. The summed E-state index contributed by atoms with van der Waals surface area (Å²) >= 11 is 0. The summed E-state index contributed by atoms with van der Waals surface area (Å²) in [5, 5.41) is 0. The van der Waals surface area contributed by atoms with Gasteiger partial charge >= 0.3 is 0 Å². The number of benzene rings is 2. The van der Waals surface area contributed by atoms with Crippen LogP contribution in [0, 0.1) is 13.8 Å². The van der Waals surface area contributed by atoms with Gasteiger partial charge in [-0.25, -0.2) is 0 Å². The molecule has 0 saturated heterocycles. The highest BCUT2D eigenvalue weighted by atomic mass is 14.0. The van der Waals surface area contributed by atoms with E-state index < -0.39 is 0 Å². The highest BCUT2D eigenvalue weighted by molar-refractivity contribution is 5.23. The molecule has 0 amide bonds. The van der Waals surface area contributed by atoms with Crippen LogP contribution >= 0.6 is 0 Å². The molecule has 0 atom stereocenters. The number of aryl methyl sites for hydroxylation is 2. The van der Waals surface area contributed by atoms with Crippen LogP contribution in [0.2, 0.25) is 0 Å². The van der Waals surface area contributed by atoms with Gasteiger partial charge in [-0.1, -0.05) is 85.6 Å². The second-order valence-corrected chi connectivity index (χ2v) is 5.13. The predicted octanol–water partition coefficient (Wildman–Crippen LogP) is 6.31. The van der Waals surface area contributed by atoms with Crippen LogP contribution in [0.5, 0.6) is 0 Å². The van der Waals surface area contributed by atoms with E-state index in [9.17, 15) is 0 Å². The van der Waals surface area contributed by atoms with Crippen molar-refractivity contribution in [3.8, 4) is 0 Å². The van der Waals surface area contributed by atoms with Crippen LogP contribution in [0.15, 0.2) is 67.3 Å². The van der Waals surface area contributed by atoms with Gasteiger partial charge < -0.3 is 0 Å². The van der Waals surface area contributed by atoms with E-state index in [1.54, 1.807) is 6.08 Å². The van der Waals surface area contributed by atoms with Crippen molar-refractivity contribution in [2.45, 2.75) is 40.5 Å². The summed E-state index contributed by atoms with van der Waals surface area (Å²) in [5.41, 5.74) is 4.08. The fourth-order valence-corrected chi connectivity index (χ4v) is 1.49. The van der Waals surface area contributed by atoms with Crippen molar-refractivity contribution < 1.29 is 0 Å². The summed E-state index contributed by atoms with van der Waals surface area (Å²) in [5.74, 6) is 0.653. The Kier molecular flexibility index (Phi) is 10.0. The molecular weight excluding hydrogens is 240 g/mol. The van der Waals surface area contributed by atoms with Crippen molar-refractivity contribution in [2.24, 2.45) is 0 Å². The third-order valence-corrected chi connectivity index (χ3v) is 2.68. The van der Waals surface area contributed by atoms with Crippen LogP contribution in [0.4, 0.5) is 0 Å². The Morgan fingerprint density at radius 3 is 1.50 bits per heavy atom. The third kappa shape index (κ3) is 9.16. The number of allylic oxidation sites excluding steroid dienone is 1. The molecule has 0 spiro atoms. The van der Waals surface area contributed by atoms with Gasteiger partial charge in [-0.05, 0) is 32.3 Å². The van der Waals surface area contributed by atoms with Gasteiger partial charge in [-0.2, -0.15) is 0 Å². The van der Waals surface area contributed by atoms with E-state index in [0.717, 1.165) is 0 Å². The van der Waals surface area contributed by atoms with Crippen LogP contribution < -0.4 is 0 Å². The van der Waals surface area contributed by atoms with E-state index in [4.69, 9.17) is 0 Å². The minimum absolute atomic E-state index is 0.653. The molecular formula is C20H28. The second kappa shape index (κ2) is 11.0. The van der Waals surface area contributed by atoms with Crippen molar-refractivity contribution >= 4 is 0 Å². The number of hydrogen-bond acceptors (Lipinski definition) is 0. The maximum Gasteiger partial charge on any atom is -0.0219 e. The van der Waals surface area contributed by atoms with Gasteiger partial charge in [0.1, 0.15) is 0 Å². The molecule has 2 aromatic carbocycles. The van der Waals surface area contributed by atoms with Gasteiger partial charge in [0.25, 0.3) is 0 Å². The van der Waals surface area contributed by atoms with Gasteiger partial charge in [0, 0.05) is 0 Å². The van der Waals surface area contributed by atoms with E-state index in [0.29, 0.717) is 5.92 Å². The van der Waals surface area contributed by atoms with E-state index in [1.165, 1.54) is 16.7 Å². The topological polar surface area (TPSA) is 0 Å². The highest BCUT2D eigenvalue weighted by Crippen LogP contribution is 2.13. The molecule has 2 aromatic rings. The number of hydrogen-bond donors (Lipinski definition) is 0. The van der Waals surface area contributed by atoms with Gasteiger partial charge in [0.05, 0.1) is 0 Å².